The summed E-state index contributed by atoms with van der Waals surface area (Å²) < 4.78 is 1.63. The Kier molecular flexibility index (Phi) is 5.45. The average Bonchev–Trinajstić information content (AvgIpc) is 3.57. The van der Waals surface area contributed by atoms with E-state index in [1.54, 1.807) is 4.40 Å². The zero-order valence-electron chi connectivity index (χ0n) is 18.1. The number of amides is 2. The van der Waals surface area contributed by atoms with Crippen LogP contribution in [-0.4, -0.2) is 73.7 Å². The first-order valence-corrected chi connectivity index (χ1v) is 11.7. The fraction of sp³-hybridized carbons (Fsp3) is 0.565. The highest BCUT2D eigenvalue weighted by molar-refractivity contribution is 6.33. The van der Waals surface area contributed by atoms with Crippen molar-refractivity contribution in [3.05, 3.63) is 34.2 Å². The molecule has 8 nitrogen and oxygen atoms in total. The Labute approximate surface area is 191 Å². The summed E-state index contributed by atoms with van der Waals surface area (Å²) in [4.78, 5) is 46.1. The number of carbonyl (C=O) groups excluding carboxylic acids is 3. The molecule has 3 heterocycles. The number of pyridine rings is 1. The number of aromatic nitrogens is 2. The number of aliphatic hydroxyl groups excluding tert-OH is 1. The molecule has 0 spiro atoms. The molecule has 2 saturated carbocycles. The van der Waals surface area contributed by atoms with Gasteiger partial charge in [0.05, 0.1) is 11.7 Å². The lowest BCUT2D eigenvalue weighted by Gasteiger charge is -2.41. The molecule has 2 aliphatic carbocycles. The van der Waals surface area contributed by atoms with Crippen LogP contribution in [0.2, 0.25) is 5.15 Å². The van der Waals surface area contributed by atoms with Gasteiger partial charge in [-0.25, -0.2) is 4.98 Å². The topological polar surface area (TPSA) is 95.2 Å². The van der Waals surface area contributed by atoms with Gasteiger partial charge in [-0.3, -0.25) is 18.8 Å². The molecule has 9 heteroatoms. The number of Topliss-reactive ketones (excluding diaryl/α,β-unsaturated/α-hetero) is 1. The monoisotopic (exact) mass is 458 g/mol. The van der Waals surface area contributed by atoms with Crippen LogP contribution in [0.3, 0.4) is 0 Å². The number of fused-ring (bicyclic) bond motifs is 1. The highest BCUT2D eigenvalue weighted by atomic mass is 35.5. The smallest absolute Gasteiger partial charge is 0.276 e. The third kappa shape index (κ3) is 3.79. The van der Waals surface area contributed by atoms with Crippen LogP contribution in [-0.2, 0) is 4.79 Å². The van der Waals surface area contributed by atoms with Crippen LogP contribution in [0.5, 0.6) is 0 Å². The third-order valence-corrected chi connectivity index (χ3v) is 7.33. The van der Waals surface area contributed by atoms with Crippen LogP contribution in [0, 0.1) is 0 Å². The quantitative estimate of drug-likeness (QED) is 0.710. The molecule has 5 rings (SSSR count). The second-order valence-electron chi connectivity index (χ2n) is 9.24. The predicted molar refractivity (Wildman–Crippen MR) is 118 cm³/mol. The largest absolute Gasteiger partial charge is 0.393 e. The Morgan fingerprint density at radius 2 is 1.84 bits per heavy atom. The van der Waals surface area contributed by atoms with Gasteiger partial charge in [0, 0.05) is 25.3 Å². The van der Waals surface area contributed by atoms with Gasteiger partial charge in [0.15, 0.2) is 11.5 Å². The molecule has 0 bridgehead atoms. The zero-order chi connectivity index (χ0) is 22.6. The minimum absolute atomic E-state index is 0.0189. The normalized spacial score (nSPS) is 24.3. The number of carbonyl (C=O) groups is 3. The number of imidazole rings is 1. The van der Waals surface area contributed by atoms with Crippen molar-refractivity contribution in [1.29, 1.82) is 0 Å². The fourth-order valence-corrected chi connectivity index (χ4v) is 5.19. The van der Waals surface area contributed by atoms with Crippen LogP contribution in [0.4, 0.5) is 0 Å². The molecule has 2 aromatic heterocycles. The van der Waals surface area contributed by atoms with Gasteiger partial charge in [-0.05, 0) is 63.0 Å². The highest BCUT2D eigenvalue weighted by Crippen LogP contribution is 2.41. The van der Waals surface area contributed by atoms with Crippen LogP contribution < -0.4 is 0 Å². The Bertz CT molecular complexity index is 1100. The summed E-state index contributed by atoms with van der Waals surface area (Å²) in [6.07, 6.45) is 6.73. The van der Waals surface area contributed by atoms with E-state index in [2.05, 4.69) is 4.98 Å². The summed E-state index contributed by atoms with van der Waals surface area (Å²) >= 11 is 6.57. The Hall–Kier alpha value is -2.45. The number of halogens is 1. The van der Waals surface area contributed by atoms with Crippen molar-refractivity contribution in [2.45, 2.75) is 63.5 Å². The van der Waals surface area contributed by atoms with E-state index in [1.807, 2.05) is 17.2 Å². The minimum atomic E-state index is -0.395. The number of piperazine rings is 1. The molecule has 0 atom stereocenters. The summed E-state index contributed by atoms with van der Waals surface area (Å²) in [7, 11) is 0. The molecule has 0 radical (unpaired) electrons. The van der Waals surface area contributed by atoms with Gasteiger partial charge in [0.2, 0.25) is 5.91 Å². The third-order valence-electron chi connectivity index (χ3n) is 6.97. The van der Waals surface area contributed by atoms with Crippen LogP contribution >= 0.6 is 11.6 Å². The van der Waals surface area contributed by atoms with Crippen molar-refractivity contribution < 1.29 is 19.5 Å². The van der Waals surface area contributed by atoms with Gasteiger partial charge < -0.3 is 14.9 Å². The van der Waals surface area contributed by atoms with E-state index in [0.29, 0.717) is 43.1 Å². The summed E-state index contributed by atoms with van der Waals surface area (Å²) in [5.41, 5.74) is 1.93. The number of hydrogen-bond donors (Lipinski definition) is 1. The van der Waals surface area contributed by atoms with Gasteiger partial charge in [-0.2, -0.15) is 0 Å². The highest BCUT2D eigenvalue weighted by Gasteiger charge is 2.35. The maximum absolute atomic E-state index is 13.3. The number of ketones is 1. The van der Waals surface area contributed by atoms with Crippen molar-refractivity contribution in [2.75, 3.05) is 19.6 Å². The van der Waals surface area contributed by atoms with E-state index in [4.69, 9.17) is 11.6 Å². The first-order valence-electron chi connectivity index (χ1n) is 11.3. The van der Waals surface area contributed by atoms with E-state index >= 15 is 0 Å². The van der Waals surface area contributed by atoms with Crippen LogP contribution in [0.1, 0.15) is 77.8 Å². The van der Waals surface area contributed by atoms with Gasteiger partial charge in [-0.15, -0.1) is 0 Å². The van der Waals surface area contributed by atoms with Crippen LogP contribution in [0.25, 0.3) is 5.65 Å². The molecule has 32 heavy (non-hydrogen) atoms. The molecule has 3 aliphatic rings. The molecular formula is C23H27ClN4O4. The SMILES string of the molecule is CC(=O)c1cc(C2CC2)cn2c(Cl)c(C(=O)N3CCN(C4CCC(O)CC4)C(=O)C3)nc12. The van der Waals surface area contributed by atoms with Gasteiger partial charge in [0.1, 0.15) is 17.3 Å². The lowest BCUT2D eigenvalue weighted by molar-refractivity contribution is -0.138. The number of aliphatic hydroxyl groups is 1. The molecule has 170 valence electrons. The average molecular weight is 459 g/mol. The van der Waals surface area contributed by atoms with Crippen molar-refractivity contribution >= 4 is 34.8 Å². The summed E-state index contributed by atoms with van der Waals surface area (Å²) in [5.74, 6) is -0.194. The second kappa shape index (κ2) is 8.15. The molecule has 2 aromatic rings. The molecule has 0 aromatic carbocycles. The van der Waals surface area contributed by atoms with E-state index < -0.39 is 5.91 Å². The minimum Gasteiger partial charge on any atom is -0.393 e. The maximum atomic E-state index is 13.3. The Balaban J connectivity index is 1.38. The summed E-state index contributed by atoms with van der Waals surface area (Å²) in [5, 5.41) is 9.90. The lowest BCUT2D eigenvalue weighted by Crippen LogP contribution is -2.56. The Morgan fingerprint density at radius 3 is 2.47 bits per heavy atom. The second-order valence-corrected chi connectivity index (χ2v) is 9.60. The molecule has 1 aliphatic heterocycles. The first-order chi connectivity index (χ1) is 15.3. The summed E-state index contributed by atoms with van der Waals surface area (Å²) in [6.45, 7) is 2.33. The van der Waals surface area contributed by atoms with Crippen molar-refractivity contribution in [3.63, 3.8) is 0 Å². The van der Waals surface area contributed by atoms with Gasteiger partial charge in [-0.1, -0.05) is 11.6 Å². The number of rotatable bonds is 4. The molecule has 2 amide bonds. The molecular weight excluding hydrogens is 432 g/mol. The van der Waals surface area contributed by atoms with E-state index in [9.17, 15) is 19.5 Å². The lowest BCUT2D eigenvalue weighted by atomic mass is 9.91. The molecule has 1 N–H and O–H groups in total. The van der Waals surface area contributed by atoms with Crippen molar-refractivity contribution in [2.24, 2.45) is 0 Å². The fourth-order valence-electron chi connectivity index (χ4n) is 4.94. The Morgan fingerprint density at radius 1 is 1.12 bits per heavy atom. The van der Waals surface area contributed by atoms with E-state index in [-0.39, 0.29) is 41.2 Å². The number of nitrogens with zero attached hydrogens (tertiary/aromatic N) is 4. The first kappa shape index (κ1) is 21.4. The van der Waals surface area contributed by atoms with Gasteiger partial charge in [0.25, 0.3) is 5.91 Å². The predicted octanol–water partition coefficient (Wildman–Crippen LogP) is 2.66. The molecule has 3 fully saturated rings. The molecule has 0 unspecified atom stereocenters. The van der Waals surface area contributed by atoms with Crippen molar-refractivity contribution in [1.82, 2.24) is 19.2 Å². The van der Waals surface area contributed by atoms with Crippen molar-refractivity contribution in [3.8, 4) is 0 Å². The zero-order valence-corrected chi connectivity index (χ0v) is 18.8. The molecule has 1 saturated heterocycles. The van der Waals surface area contributed by atoms with Crippen LogP contribution in [0.15, 0.2) is 12.3 Å². The van der Waals surface area contributed by atoms with Gasteiger partial charge >= 0.3 is 0 Å². The maximum Gasteiger partial charge on any atom is 0.276 e. The number of hydrogen-bond acceptors (Lipinski definition) is 5. The van der Waals surface area contributed by atoms with E-state index in [1.165, 1.54) is 11.8 Å². The standard InChI is InChI=1S/C23H27ClN4O4/c1-13(29)18-10-15(14-2-3-14)11-28-21(24)20(25-22(18)28)23(32)26-8-9-27(19(31)12-26)16-4-6-17(30)7-5-16/h10-11,14,16-17,30H,2-9,12H2,1H3. The van der Waals surface area contributed by atoms with E-state index in [0.717, 1.165) is 31.2 Å². The summed E-state index contributed by atoms with van der Waals surface area (Å²) in [6, 6.07) is 1.98.